The Balaban J connectivity index is 1.86. The van der Waals surface area contributed by atoms with Gasteiger partial charge in [-0.3, -0.25) is 4.79 Å². The highest BCUT2D eigenvalue weighted by atomic mass is 32.2. The van der Waals surface area contributed by atoms with Crippen LogP contribution in [-0.2, 0) is 32.2 Å². The fraction of sp³-hybridized carbons (Fsp3) is 0.185. The van der Waals surface area contributed by atoms with Crippen molar-refractivity contribution in [2.24, 2.45) is 0 Å². The number of hydrogen-bond donors (Lipinski definition) is 0. The number of benzene rings is 2. The maximum Gasteiger partial charge on any atom is 0.310 e. The first-order valence-corrected chi connectivity index (χ1v) is 12.4. The lowest BCUT2D eigenvalue weighted by Crippen LogP contribution is -2.08. The second-order valence-electron chi connectivity index (χ2n) is 7.92. The molecule has 0 saturated heterocycles. The summed E-state index contributed by atoms with van der Waals surface area (Å²) in [5, 5.41) is 9.43. The molecule has 0 N–H and O–H groups in total. The summed E-state index contributed by atoms with van der Waals surface area (Å²) >= 11 is 0. The second kappa shape index (κ2) is 9.54. The highest BCUT2D eigenvalue weighted by Gasteiger charge is 2.24. The van der Waals surface area contributed by atoms with Crippen molar-refractivity contribution < 1.29 is 17.9 Å². The third-order valence-electron chi connectivity index (χ3n) is 5.86. The monoisotopic (exact) mass is 472 g/mol. The van der Waals surface area contributed by atoms with Gasteiger partial charge in [-0.15, -0.1) is 0 Å². The molecule has 2 heterocycles. The molecule has 0 spiro atoms. The molecule has 0 fully saturated rings. The first kappa shape index (κ1) is 23.3. The highest BCUT2D eigenvalue weighted by molar-refractivity contribution is 7.91. The lowest BCUT2D eigenvalue weighted by atomic mass is 10.0. The Labute approximate surface area is 199 Å². The number of nitriles is 1. The van der Waals surface area contributed by atoms with E-state index in [0.29, 0.717) is 24.2 Å². The lowest BCUT2D eigenvalue weighted by Gasteiger charge is -2.12. The van der Waals surface area contributed by atoms with E-state index in [1.54, 1.807) is 67.7 Å². The van der Waals surface area contributed by atoms with Crippen molar-refractivity contribution in [1.82, 2.24) is 4.40 Å². The van der Waals surface area contributed by atoms with Gasteiger partial charge >= 0.3 is 5.97 Å². The predicted octanol–water partition coefficient (Wildman–Crippen LogP) is 4.65. The van der Waals surface area contributed by atoms with Gasteiger partial charge in [-0.2, -0.15) is 5.26 Å². The van der Waals surface area contributed by atoms with E-state index in [9.17, 15) is 18.5 Å². The molecule has 34 heavy (non-hydrogen) atoms. The molecule has 2 aromatic heterocycles. The zero-order valence-corrected chi connectivity index (χ0v) is 19.8. The second-order valence-corrected chi connectivity index (χ2v) is 9.84. The van der Waals surface area contributed by atoms with Gasteiger partial charge in [0.1, 0.15) is 6.07 Å². The molecule has 0 aliphatic heterocycles. The molecular formula is C27H24N2O4S. The summed E-state index contributed by atoms with van der Waals surface area (Å²) < 4.78 is 33.8. The van der Waals surface area contributed by atoms with Crippen LogP contribution < -0.4 is 0 Å². The summed E-state index contributed by atoms with van der Waals surface area (Å²) in [6.45, 7) is 3.97. The van der Waals surface area contributed by atoms with Gasteiger partial charge in [0.05, 0.1) is 28.4 Å². The zero-order valence-electron chi connectivity index (χ0n) is 19.0. The van der Waals surface area contributed by atoms with Crippen molar-refractivity contribution in [3.8, 4) is 6.07 Å². The molecule has 2 aromatic carbocycles. The molecule has 0 aliphatic carbocycles. The average Bonchev–Trinajstić information content (AvgIpc) is 3.10. The number of aromatic nitrogens is 1. The van der Waals surface area contributed by atoms with Crippen LogP contribution in [-0.4, -0.2) is 25.4 Å². The van der Waals surface area contributed by atoms with Gasteiger partial charge in [0.25, 0.3) is 0 Å². The minimum absolute atomic E-state index is 0.0963. The van der Waals surface area contributed by atoms with Crippen LogP contribution in [0.4, 0.5) is 0 Å². The van der Waals surface area contributed by atoms with E-state index in [1.807, 2.05) is 23.5 Å². The number of fused-ring (bicyclic) bond motifs is 1. The molecule has 0 bridgehead atoms. The van der Waals surface area contributed by atoms with Crippen LogP contribution >= 0.6 is 0 Å². The SMILES string of the molecule is CCOC(=O)Cc1c(C)c(Cc2ccccc2S(=O)(=O)c2ccccc2)n2cc(C#N)ccc12. The molecule has 4 rings (SSSR count). The Morgan fingerprint density at radius 3 is 2.44 bits per heavy atom. The normalized spacial score (nSPS) is 11.3. The Morgan fingerprint density at radius 1 is 1.03 bits per heavy atom. The summed E-state index contributed by atoms with van der Waals surface area (Å²) in [6, 6.07) is 21.0. The number of carbonyl (C=O) groups excluding carboxylic acids is 1. The number of nitrogens with zero attached hydrogens (tertiary/aromatic N) is 2. The van der Waals surface area contributed by atoms with Gasteiger partial charge in [-0.25, -0.2) is 8.42 Å². The smallest absolute Gasteiger partial charge is 0.310 e. The zero-order chi connectivity index (χ0) is 24.3. The van der Waals surface area contributed by atoms with E-state index in [2.05, 4.69) is 6.07 Å². The Hall–Kier alpha value is -3.89. The van der Waals surface area contributed by atoms with E-state index < -0.39 is 9.84 Å². The van der Waals surface area contributed by atoms with Crippen LogP contribution in [0.5, 0.6) is 0 Å². The summed E-state index contributed by atoms with van der Waals surface area (Å²) in [7, 11) is -3.72. The van der Waals surface area contributed by atoms with Crippen LogP contribution in [0.25, 0.3) is 5.52 Å². The van der Waals surface area contributed by atoms with Crippen molar-refractivity contribution in [3.63, 3.8) is 0 Å². The van der Waals surface area contributed by atoms with E-state index in [-0.39, 0.29) is 22.2 Å². The summed E-state index contributed by atoms with van der Waals surface area (Å²) in [6.07, 6.45) is 2.13. The van der Waals surface area contributed by atoms with E-state index in [1.165, 1.54) is 0 Å². The summed E-state index contributed by atoms with van der Waals surface area (Å²) in [5.41, 5.74) is 4.40. The van der Waals surface area contributed by atoms with Crippen LogP contribution in [0.1, 0.15) is 34.9 Å². The Morgan fingerprint density at radius 2 is 1.74 bits per heavy atom. The number of esters is 1. The minimum atomic E-state index is -3.72. The maximum absolute atomic E-state index is 13.4. The number of carbonyl (C=O) groups is 1. The number of hydrogen-bond acceptors (Lipinski definition) is 5. The van der Waals surface area contributed by atoms with Crippen molar-refractivity contribution in [1.29, 1.82) is 5.26 Å². The van der Waals surface area contributed by atoms with Gasteiger partial charge in [0.2, 0.25) is 9.84 Å². The first-order valence-electron chi connectivity index (χ1n) is 10.9. The van der Waals surface area contributed by atoms with Crippen molar-refractivity contribution in [3.05, 3.63) is 101 Å². The standard InChI is InChI=1S/C27H24N2O4S/c1-3-33-27(30)16-23-19(2)25(29-18-20(17-28)13-14-24(23)29)15-21-9-7-8-12-26(21)34(31,32)22-10-5-4-6-11-22/h4-14,18H,3,15-16H2,1-2H3. The third kappa shape index (κ3) is 4.33. The lowest BCUT2D eigenvalue weighted by molar-refractivity contribution is -0.142. The fourth-order valence-corrected chi connectivity index (χ4v) is 5.71. The van der Waals surface area contributed by atoms with Gasteiger partial charge in [-0.1, -0.05) is 36.4 Å². The van der Waals surface area contributed by atoms with Crippen LogP contribution in [0.3, 0.4) is 0 Å². The topological polar surface area (TPSA) is 88.6 Å². The minimum Gasteiger partial charge on any atom is -0.466 e. The molecule has 172 valence electrons. The largest absolute Gasteiger partial charge is 0.466 e. The maximum atomic E-state index is 13.4. The van der Waals surface area contributed by atoms with Gasteiger partial charge < -0.3 is 9.14 Å². The van der Waals surface area contributed by atoms with Gasteiger partial charge in [-0.05, 0) is 60.9 Å². The van der Waals surface area contributed by atoms with Gasteiger partial charge in [0, 0.05) is 23.8 Å². The number of ether oxygens (including phenoxy) is 1. The van der Waals surface area contributed by atoms with Crippen LogP contribution in [0.15, 0.2) is 82.7 Å². The molecule has 4 aromatic rings. The number of sulfone groups is 1. The predicted molar refractivity (Wildman–Crippen MR) is 128 cm³/mol. The van der Waals surface area contributed by atoms with Crippen molar-refractivity contribution in [2.45, 2.75) is 36.5 Å². The van der Waals surface area contributed by atoms with E-state index in [4.69, 9.17) is 4.74 Å². The average molecular weight is 473 g/mol. The Bertz CT molecular complexity index is 1510. The summed E-state index contributed by atoms with van der Waals surface area (Å²) in [5.74, 6) is -0.332. The Kier molecular flexibility index (Phi) is 6.53. The molecule has 6 nitrogen and oxygen atoms in total. The van der Waals surface area contributed by atoms with Crippen LogP contribution in [0, 0.1) is 18.3 Å². The van der Waals surface area contributed by atoms with Gasteiger partial charge in [0.15, 0.2) is 0 Å². The van der Waals surface area contributed by atoms with Crippen molar-refractivity contribution >= 4 is 21.3 Å². The van der Waals surface area contributed by atoms with E-state index in [0.717, 1.165) is 22.3 Å². The fourth-order valence-electron chi connectivity index (χ4n) is 4.20. The molecule has 0 saturated carbocycles. The molecule has 0 atom stereocenters. The number of rotatable bonds is 7. The number of pyridine rings is 1. The van der Waals surface area contributed by atoms with E-state index >= 15 is 0 Å². The molecule has 0 aliphatic rings. The highest BCUT2D eigenvalue weighted by Crippen LogP contribution is 2.30. The summed E-state index contributed by atoms with van der Waals surface area (Å²) in [4.78, 5) is 12.7. The molecule has 0 unspecified atom stereocenters. The third-order valence-corrected chi connectivity index (χ3v) is 7.73. The molecule has 0 amide bonds. The molecule has 0 radical (unpaired) electrons. The molecular weight excluding hydrogens is 448 g/mol. The quantitative estimate of drug-likeness (QED) is 0.365. The molecule has 7 heteroatoms. The van der Waals surface area contributed by atoms with Crippen molar-refractivity contribution in [2.75, 3.05) is 6.61 Å². The first-order chi connectivity index (χ1) is 16.4. The van der Waals surface area contributed by atoms with Crippen LogP contribution in [0.2, 0.25) is 0 Å².